The second kappa shape index (κ2) is 5.05. The summed E-state index contributed by atoms with van der Waals surface area (Å²) in [5, 5.41) is 20.9. The molecular weight excluding hydrogens is 364 g/mol. The van der Waals surface area contributed by atoms with E-state index in [-0.39, 0.29) is 18.0 Å². The summed E-state index contributed by atoms with van der Waals surface area (Å²) in [6.45, 7) is 0. The van der Waals surface area contributed by atoms with Crippen molar-refractivity contribution in [3.8, 4) is 17.2 Å². The van der Waals surface area contributed by atoms with Crippen molar-refractivity contribution < 1.29 is 34.0 Å². The Morgan fingerprint density at radius 2 is 1.96 bits per heavy atom. The van der Waals surface area contributed by atoms with Crippen molar-refractivity contribution in [2.75, 3.05) is 7.11 Å². The first kappa shape index (κ1) is 16.4. The summed E-state index contributed by atoms with van der Waals surface area (Å²) < 4.78 is 24.9. The molecule has 2 N–H and O–H groups in total. The Hall–Kier alpha value is -2.61. The molecule has 2 spiro atoms. The number of rotatable bonds is 1. The predicted molar refractivity (Wildman–Crippen MR) is 94.2 cm³/mol. The van der Waals surface area contributed by atoms with Crippen LogP contribution in [0.1, 0.15) is 52.4 Å². The minimum absolute atomic E-state index is 0.0289. The minimum Gasteiger partial charge on any atom is -0.508 e. The molecule has 2 aliphatic heterocycles. The van der Waals surface area contributed by atoms with Crippen molar-refractivity contribution >= 4 is 5.78 Å². The molecule has 2 heterocycles. The van der Waals surface area contributed by atoms with Crippen molar-refractivity contribution in [1.29, 1.82) is 0 Å². The number of hydrogen-bond acceptors (Lipinski definition) is 7. The molecule has 0 aromatic heterocycles. The van der Waals surface area contributed by atoms with Gasteiger partial charge < -0.3 is 24.4 Å². The van der Waals surface area contributed by atoms with E-state index < -0.39 is 23.8 Å². The molecule has 2 aliphatic carbocycles. The maximum Gasteiger partial charge on any atom is 0.271 e. The van der Waals surface area contributed by atoms with E-state index in [4.69, 9.17) is 18.9 Å². The second-order valence-corrected chi connectivity index (χ2v) is 7.68. The highest BCUT2D eigenvalue weighted by Gasteiger charge is 2.66. The fourth-order valence-corrected chi connectivity index (χ4v) is 5.09. The number of ether oxygens (including phenoxy) is 4. The van der Waals surface area contributed by atoms with Crippen molar-refractivity contribution in [3.63, 3.8) is 0 Å². The first-order valence-corrected chi connectivity index (χ1v) is 9.31. The van der Waals surface area contributed by atoms with E-state index in [1.807, 2.05) is 0 Å². The highest BCUT2D eigenvalue weighted by molar-refractivity contribution is 6.00. The number of methoxy groups -OCH3 is 1. The van der Waals surface area contributed by atoms with Crippen LogP contribution in [0.4, 0.5) is 0 Å². The standard InChI is InChI=1S/C21H18O7/c1-25-16-9-13(24)10-3-2-4-14-18(10)21(16)27-15-6-5-11(22)17-12(23)7-8-20(26-14,28-21)19(15)17/h2-6,12,16,22-23H,7-9H2,1H3/t12-,16+,20+,21+/m0/s1. The minimum atomic E-state index is -1.34. The zero-order valence-corrected chi connectivity index (χ0v) is 15.1. The predicted octanol–water partition coefficient (Wildman–Crippen LogP) is 2.63. The summed E-state index contributed by atoms with van der Waals surface area (Å²) in [7, 11) is 1.53. The normalized spacial score (nSPS) is 34.0. The highest BCUT2D eigenvalue weighted by atomic mass is 16.8. The van der Waals surface area contributed by atoms with Gasteiger partial charge in [0, 0.05) is 31.1 Å². The van der Waals surface area contributed by atoms with Gasteiger partial charge in [-0.3, -0.25) is 9.53 Å². The third kappa shape index (κ3) is 1.73. The van der Waals surface area contributed by atoms with Gasteiger partial charge >= 0.3 is 0 Å². The van der Waals surface area contributed by atoms with Crippen LogP contribution in [-0.4, -0.2) is 29.2 Å². The Balaban J connectivity index is 1.70. The van der Waals surface area contributed by atoms with Crippen LogP contribution in [0.2, 0.25) is 0 Å². The number of carbonyl (C=O) groups excluding carboxylic acids is 1. The van der Waals surface area contributed by atoms with Gasteiger partial charge in [-0.2, -0.15) is 0 Å². The van der Waals surface area contributed by atoms with E-state index in [2.05, 4.69) is 0 Å². The van der Waals surface area contributed by atoms with E-state index in [1.54, 1.807) is 24.3 Å². The molecule has 7 nitrogen and oxygen atoms in total. The van der Waals surface area contributed by atoms with Crippen LogP contribution < -0.4 is 9.47 Å². The van der Waals surface area contributed by atoms with Crippen LogP contribution in [0.25, 0.3) is 0 Å². The lowest BCUT2D eigenvalue weighted by Gasteiger charge is -2.57. The Bertz CT molecular complexity index is 1050. The number of hydrogen-bond donors (Lipinski definition) is 2. The summed E-state index contributed by atoms with van der Waals surface area (Å²) in [4.78, 5) is 12.7. The molecule has 0 amide bonds. The van der Waals surface area contributed by atoms with Gasteiger partial charge in [0.2, 0.25) is 5.79 Å². The number of aromatic hydroxyl groups is 1. The molecule has 2 aromatic rings. The van der Waals surface area contributed by atoms with Gasteiger partial charge in [-0.05, 0) is 24.6 Å². The van der Waals surface area contributed by atoms with Crippen molar-refractivity contribution in [1.82, 2.24) is 0 Å². The number of ketones is 1. The van der Waals surface area contributed by atoms with E-state index in [9.17, 15) is 15.0 Å². The largest absolute Gasteiger partial charge is 0.508 e. The lowest BCUT2D eigenvalue weighted by molar-refractivity contribution is -0.390. The smallest absolute Gasteiger partial charge is 0.271 e. The first-order valence-electron chi connectivity index (χ1n) is 9.31. The average molecular weight is 382 g/mol. The summed E-state index contributed by atoms with van der Waals surface area (Å²) in [6, 6.07) is 8.44. The van der Waals surface area contributed by atoms with Crippen LogP contribution in [0.15, 0.2) is 30.3 Å². The quantitative estimate of drug-likeness (QED) is 0.783. The van der Waals surface area contributed by atoms with Crippen LogP contribution in [0, 0.1) is 0 Å². The number of carbonyl (C=O) groups is 1. The Morgan fingerprint density at radius 1 is 1.14 bits per heavy atom. The van der Waals surface area contributed by atoms with Gasteiger partial charge in [0.05, 0.1) is 17.2 Å². The topological polar surface area (TPSA) is 94.5 Å². The molecule has 28 heavy (non-hydrogen) atoms. The van der Waals surface area contributed by atoms with E-state index in [0.717, 1.165) is 0 Å². The fourth-order valence-electron chi connectivity index (χ4n) is 5.09. The second-order valence-electron chi connectivity index (χ2n) is 7.68. The monoisotopic (exact) mass is 382 g/mol. The van der Waals surface area contributed by atoms with E-state index in [0.29, 0.717) is 46.6 Å². The van der Waals surface area contributed by atoms with E-state index >= 15 is 0 Å². The van der Waals surface area contributed by atoms with Gasteiger partial charge in [-0.25, -0.2) is 0 Å². The lowest BCUT2D eigenvalue weighted by Crippen LogP contribution is -2.63. The molecule has 0 radical (unpaired) electrons. The van der Waals surface area contributed by atoms with Gasteiger partial charge in [-0.1, -0.05) is 12.1 Å². The molecule has 0 fully saturated rings. The Morgan fingerprint density at radius 3 is 2.79 bits per heavy atom. The lowest BCUT2D eigenvalue weighted by atomic mass is 9.77. The number of Topliss-reactive ketones (excluding diaryl/α,β-unsaturated/α-hetero) is 1. The summed E-state index contributed by atoms with van der Waals surface area (Å²) in [5.41, 5.74) is 1.90. The molecule has 0 unspecified atom stereocenters. The van der Waals surface area contributed by atoms with E-state index in [1.165, 1.54) is 13.2 Å². The summed E-state index contributed by atoms with van der Waals surface area (Å²) >= 11 is 0. The zero-order valence-electron chi connectivity index (χ0n) is 15.1. The fraction of sp³-hybridized carbons (Fsp3) is 0.381. The number of phenols is 1. The molecule has 2 aromatic carbocycles. The average Bonchev–Trinajstić information content (AvgIpc) is 2.69. The van der Waals surface area contributed by atoms with Crippen molar-refractivity contribution in [2.24, 2.45) is 0 Å². The number of aliphatic hydroxyl groups excluding tert-OH is 1. The Kier molecular flexibility index (Phi) is 2.95. The van der Waals surface area contributed by atoms with Crippen LogP contribution in [0.5, 0.6) is 17.2 Å². The first-order chi connectivity index (χ1) is 13.5. The SMILES string of the molecule is CO[C@@H]1CC(=O)c2cccc3c2[C@@]12Oc1ccc(O)c4c1[C@](CC[C@@H]4O)(O3)O2. The van der Waals surface area contributed by atoms with Crippen LogP contribution in [-0.2, 0) is 21.0 Å². The molecular formula is C21H18O7. The van der Waals surface area contributed by atoms with Crippen molar-refractivity contribution in [3.05, 3.63) is 52.6 Å². The molecule has 2 bridgehead atoms. The molecule has 144 valence electrons. The maximum atomic E-state index is 12.7. The summed E-state index contributed by atoms with van der Waals surface area (Å²) in [5.74, 6) is -1.71. The maximum absolute atomic E-state index is 12.7. The van der Waals surface area contributed by atoms with Gasteiger partial charge in [0.15, 0.2) is 5.78 Å². The van der Waals surface area contributed by atoms with Crippen LogP contribution >= 0.6 is 0 Å². The van der Waals surface area contributed by atoms with Crippen molar-refractivity contribution in [2.45, 2.75) is 43.0 Å². The van der Waals surface area contributed by atoms with Gasteiger partial charge in [0.1, 0.15) is 23.4 Å². The zero-order chi connectivity index (χ0) is 19.3. The number of aliphatic hydroxyl groups is 1. The van der Waals surface area contributed by atoms with Gasteiger partial charge in [-0.15, -0.1) is 0 Å². The molecule has 4 aliphatic rings. The third-order valence-electron chi connectivity index (χ3n) is 6.25. The van der Waals surface area contributed by atoms with Gasteiger partial charge in [0.25, 0.3) is 5.79 Å². The van der Waals surface area contributed by atoms with Crippen LogP contribution in [0.3, 0.4) is 0 Å². The number of phenolic OH excluding ortho intramolecular Hbond substituents is 1. The molecule has 0 saturated carbocycles. The molecule has 0 saturated heterocycles. The third-order valence-corrected chi connectivity index (χ3v) is 6.25. The molecule has 7 heteroatoms. The molecule has 4 atom stereocenters. The number of benzene rings is 2. The summed E-state index contributed by atoms with van der Waals surface area (Å²) in [6.07, 6.45) is -0.662. The Labute approximate surface area is 160 Å². The molecule has 6 rings (SSSR count). The highest BCUT2D eigenvalue weighted by Crippen LogP contribution is 2.63.